The van der Waals surface area contributed by atoms with E-state index in [2.05, 4.69) is 62.4 Å². The fourth-order valence-electron chi connectivity index (χ4n) is 7.53. The van der Waals surface area contributed by atoms with Gasteiger partial charge in [-0.2, -0.15) is 0 Å². The first-order valence-electron chi connectivity index (χ1n) is 16.1. The van der Waals surface area contributed by atoms with Crippen LogP contribution < -0.4 is 5.32 Å². The van der Waals surface area contributed by atoms with Gasteiger partial charge in [0.1, 0.15) is 22.9 Å². The molecule has 0 spiro atoms. The molecule has 2 saturated heterocycles. The van der Waals surface area contributed by atoms with Crippen LogP contribution in [0.25, 0.3) is 22.2 Å². The number of benzene rings is 1. The van der Waals surface area contributed by atoms with E-state index in [0.29, 0.717) is 24.4 Å². The molecule has 224 valence electrons. The summed E-state index contributed by atoms with van der Waals surface area (Å²) < 4.78 is 5.64. The lowest BCUT2D eigenvalue weighted by molar-refractivity contribution is 0.0218. The molecule has 8 rings (SSSR count). The van der Waals surface area contributed by atoms with Gasteiger partial charge in [-0.3, -0.25) is 4.90 Å². The van der Waals surface area contributed by atoms with Crippen molar-refractivity contribution in [2.45, 2.75) is 89.3 Å². The summed E-state index contributed by atoms with van der Waals surface area (Å²) in [5.41, 5.74) is 8.26. The highest BCUT2D eigenvalue weighted by Gasteiger charge is 2.42. The first-order valence-corrected chi connectivity index (χ1v) is 16.1. The van der Waals surface area contributed by atoms with Gasteiger partial charge < -0.3 is 20.0 Å². The van der Waals surface area contributed by atoms with Gasteiger partial charge in [0.15, 0.2) is 0 Å². The van der Waals surface area contributed by atoms with Gasteiger partial charge in [0.2, 0.25) is 0 Å². The second-order valence-corrected chi connectivity index (χ2v) is 13.8. The van der Waals surface area contributed by atoms with E-state index in [9.17, 15) is 4.79 Å². The third kappa shape index (κ3) is 4.82. The number of aromatic nitrogens is 4. The minimum atomic E-state index is -0.533. The second-order valence-electron chi connectivity index (χ2n) is 13.8. The fraction of sp³-hybridized carbons (Fsp3) is 0.472. The van der Waals surface area contributed by atoms with Crippen molar-refractivity contribution in [2.75, 3.05) is 13.1 Å². The molecular formula is C36H38N6O2. The van der Waals surface area contributed by atoms with Gasteiger partial charge in [0, 0.05) is 12.1 Å². The van der Waals surface area contributed by atoms with Crippen molar-refractivity contribution in [1.29, 1.82) is 0 Å². The average molecular weight is 587 g/mol. The summed E-state index contributed by atoms with van der Waals surface area (Å²) in [5, 5.41) is 3.55. The highest BCUT2D eigenvalue weighted by Crippen LogP contribution is 2.53. The minimum absolute atomic E-state index is 0.128. The summed E-state index contributed by atoms with van der Waals surface area (Å²) in [4.78, 5) is 31.0. The van der Waals surface area contributed by atoms with Crippen LogP contribution in [-0.2, 0) is 11.2 Å². The second kappa shape index (κ2) is 10.4. The quantitative estimate of drug-likeness (QED) is 0.238. The maximum Gasteiger partial charge on any atom is 0.410 e. The molecule has 3 unspecified atom stereocenters. The first-order chi connectivity index (χ1) is 21.3. The number of rotatable bonds is 3. The Morgan fingerprint density at radius 3 is 2.77 bits per heavy atom. The van der Waals surface area contributed by atoms with Crippen molar-refractivity contribution < 1.29 is 9.53 Å². The summed E-state index contributed by atoms with van der Waals surface area (Å²) >= 11 is 0. The van der Waals surface area contributed by atoms with Gasteiger partial charge in [0.25, 0.3) is 0 Å². The molecule has 2 aromatic heterocycles. The molecule has 3 N–H and O–H groups in total. The van der Waals surface area contributed by atoms with Crippen LogP contribution in [0.2, 0.25) is 0 Å². The van der Waals surface area contributed by atoms with Crippen molar-refractivity contribution in [3.8, 4) is 23.0 Å². The predicted molar refractivity (Wildman–Crippen MR) is 168 cm³/mol. The Bertz CT molecular complexity index is 1810. The topological polar surface area (TPSA) is 98.9 Å². The van der Waals surface area contributed by atoms with Crippen LogP contribution in [-0.4, -0.2) is 49.6 Å². The number of carbonyl (C=O) groups is 1. The van der Waals surface area contributed by atoms with Crippen molar-refractivity contribution in [3.63, 3.8) is 0 Å². The molecule has 3 fully saturated rings. The van der Waals surface area contributed by atoms with Crippen molar-refractivity contribution >= 4 is 17.1 Å². The van der Waals surface area contributed by atoms with Gasteiger partial charge in [-0.25, -0.2) is 14.8 Å². The Kier molecular flexibility index (Phi) is 6.46. The van der Waals surface area contributed by atoms with E-state index < -0.39 is 5.60 Å². The Labute approximate surface area is 258 Å². The molecular weight excluding hydrogens is 548 g/mol. The zero-order valence-corrected chi connectivity index (χ0v) is 25.6. The van der Waals surface area contributed by atoms with Crippen LogP contribution in [0, 0.1) is 29.9 Å². The van der Waals surface area contributed by atoms with Crippen LogP contribution in [0.4, 0.5) is 4.79 Å². The van der Waals surface area contributed by atoms with Crippen LogP contribution >= 0.6 is 0 Å². The summed E-state index contributed by atoms with van der Waals surface area (Å²) in [5.74, 6) is 9.76. The molecule has 8 heteroatoms. The van der Waals surface area contributed by atoms with E-state index in [-0.39, 0.29) is 12.1 Å². The number of likely N-dealkylation sites (tertiary alicyclic amines) is 1. The number of hydrogen-bond acceptors (Lipinski definition) is 5. The van der Waals surface area contributed by atoms with Gasteiger partial charge in [-0.15, -0.1) is 0 Å². The molecule has 1 saturated carbocycles. The number of hydrogen-bond donors (Lipinski definition) is 3. The molecule has 4 aromatic rings. The normalized spacial score (nSPS) is 23.9. The summed E-state index contributed by atoms with van der Waals surface area (Å²) in [7, 11) is 0. The molecule has 2 aliphatic heterocycles. The Morgan fingerprint density at radius 2 is 1.98 bits per heavy atom. The number of nitrogens with zero attached hydrogens (tertiary/aromatic N) is 3. The third-order valence-electron chi connectivity index (χ3n) is 9.76. The number of carbonyl (C=O) groups excluding carboxylic acids is 1. The lowest BCUT2D eigenvalue weighted by atomic mass is 9.73. The zero-order valence-electron chi connectivity index (χ0n) is 25.6. The van der Waals surface area contributed by atoms with Crippen molar-refractivity contribution in [2.24, 2.45) is 5.92 Å². The molecule has 4 atom stereocenters. The zero-order chi connectivity index (χ0) is 30.0. The molecule has 2 aromatic carbocycles. The summed E-state index contributed by atoms with van der Waals surface area (Å²) in [6.07, 6.45) is 9.11. The van der Waals surface area contributed by atoms with Crippen LogP contribution in [0.3, 0.4) is 0 Å². The van der Waals surface area contributed by atoms with E-state index in [1.807, 2.05) is 20.8 Å². The first kappa shape index (κ1) is 27.3. The molecule has 8 nitrogen and oxygen atoms in total. The molecule has 1 amide bonds. The number of amides is 1. The lowest BCUT2D eigenvalue weighted by Crippen LogP contribution is -2.36. The fourth-order valence-corrected chi connectivity index (χ4v) is 7.53. The SMILES string of the molecule is CC(C)(C)OC(=O)N1CCC[C@H]1c1ncc(C#Cc2c#cc(-c3ccc4nc(C5CCCN5)[nH]c4c3)c3c2C2CCC2C3)[nH]1. The maximum atomic E-state index is 12.8. The largest absolute Gasteiger partial charge is 0.444 e. The number of ether oxygens (including phenoxy) is 1. The lowest BCUT2D eigenvalue weighted by Gasteiger charge is -2.30. The van der Waals surface area contributed by atoms with E-state index in [0.717, 1.165) is 77.3 Å². The van der Waals surface area contributed by atoms with Crippen LogP contribution in [0.15, 0.2) is 24.4 Å². The number of nitrogens with one attached hydrogen (secondary N) is 3. The number of imidazole rings is 2. The Morgan fingerprint density at radius 1 is 1.07 bits per heavy atom. The highest BCUT2D eigenvalue weighted by atomic mass is 16.6. The van der Waals surface area contributed by atoms with Crippen molar-refractivity contribution in [3.05, 3.63) is 70.6 Å². The van der Waals surface area contributed by atoms with Gasteiger partial charge >= 0.3 is 6.09 Å². The van der Waals surface area contributed by atoms with Gasteiger partial charge in [-0.05, 0) is 119 Å². The van der Waals surface area contributed by atoms with Crippen LogP contribution in [0.5, 0.6) is 0 Å². The molecule has 0 radical (unpaired) electrons. The maximum absolute atomic E-state index is 12.8. The molecule has 0 bridgehead atoms. The summed E-state index contributed by atoms with van der Waals surface area (Å²) in [6, 6.07) is 13.7. The Hall–Kier alpha value is -4.27. The third-order valence-corrected chi connectivity index (χ3v) is 9.76. The Balaban J connectivity index is 1.07. The molecule has 2 aliphatic carbocycles. The highest BCUT2D eigenvalue weighted by molar-refractivity contribution is 5.83. The van der Waals surface area contributed by atoms with Gasteiger partial charge in [-0.1, -0.05) is 24.1 Å². The summed E-state index contributed by atoms with van der Waals surface area (Å²) in [6.45, 7) is 7.39. The smallest absolute Gasteiger partial charge is 0.410 e. The average Bonchev–Trinajstić information content (AvgIpc) is 3.80. The number of fused-ring (bicyclic) bond motifs is 4. The monoisotopic (exact) mass is 586 g/mol. The molecule has 44 heavy (non-hydrogen) atoms. The van der Waals surface area contributed by atoms with E-state index in [1.165, 1.54) is 30.4 Å². The molecule has 4 aliphatic rings. The van der Waals surface area contributed by atoms with Gasteiger partial charge in [0.05, 0.1) is 34.9 Å². The predicted octanol–water partition coefficient (Wildman–Crippen LogP) is 6.50. The minimum Gasteiger partial charge on any atom is -0.444 e. The standard InChI is InChI=1S/C36H38N6O2/c1-36(2,3)44-35(43)42-17-5-7-31(42)34-38-20-24(39-34)12-8-21-9-13-25(27-18-22-10-14-26(22)32(21)27)23-11-15-28-30(19-23)41-33(40-28)29-6-4-16-37-29/h11,15,19-20,22,26,29,31,37H,4-7,10,14,16-18H2,1-3H3,(H,38,39)(H,40,41)/t22?,26?,29?,31-/m0/s1. The van der Waals surface area contributed by atoms with E-state index in [1.54, 1.807) is 11.1 Å². The van der Waals surface area contributed by atoms with Crippen LogP contribution in [0.1, 0.15) is 111 Å². The number of H-pyrrole nitrogens is 2. The van der Waals surface area contributed by atoms with E-state index in [4.69, 9.17) is 9.72 Å². The van der Waals surface area contributed by atoms with Crippen molar-refractivity contribution in [1.82, 2.24) is 30.2 Å². The van der Waals surface area contributed by atoms with E-state index >= 15 is 0 Å². The number of aromatic amines is 2. The molecule has 4 heterocycles.